The zero-order valence-electron chi connectivity index (χ0n) is 11.0. The van der Waals surface area contributed by atoms with Crippen molar-refractivity contribution in [2.75, 3.05) is 18.9 Å². The molecule has 0 saturated heterocycles. The third-order valence-electron chi connectivity index (χ3n) is 2.26. The number of urea groups is 1. The molecule has 1 rings (SSSR count). The van der Waals surface area contributed by atoms with E-state index in [9.17, 15) is 9.59 Å². The van der Waals surface area contributed by atoms with E-state index in [1.807, 2.05) is 6.92 Å². The molecule has 102 valence electrons. The minimum atomic E-state index is -0.939. The van der Waals surface area contributed by atoms with Gasteiger partial charge in [0.15, 0.2) is 0 Å². The minimum Gasteiger partial charge on any atom is -0.481 e. The summed E-state index contributed by atoms with van der Waals surface area (Å²) in [6, 6.07) is 2.93. The van der Waals surface area contributed by atoms with Gasteiger partial charge >= 0.3 is 12.0 Å². The first-order chi connectivity index (χ1) is 8.88. The van der Waals surface area contributed by atoms with Gasteiger partial charge in [-0.25, -0.2) is 4.79 Å². The first kappa shape index (κ1) is 14.7. The predicted octanol–water partition coefficient (Wildman–Crippen LogP) is 1.75. The van der Waals surface area contributed by atoms with E-state index in [2.05, 4.69) is 16.9 Å². The lowest BCUT2D eigenvalue weighted by Crippen LogP contribution is -2.32. The van der Waals surface area contributed by atoms with Crippen LogP contribution in [0.25, 0.3) is 0 Å². The Bertz CT molecular complexity index is 482. The third kappa shape index (κ3) is 5.20. The lowest BCUT2D eigenvalue weighted by Gasteiger charge is -2.17. The molecule has 1 aromatic heterocycles. The molecule has 0 radical (unpaired) electrons. The van der Waals surface area contributed by atoms with Gasteiger partial charge in [-0.1, -0.05) is 12.2 Å². The fraction of sp³-hybridized carbons (Fsp3) is 0.308. The Morgan fingerprint density at radius 2 is 2.16 bits per heavy atom. The van der Waals surface area contributed by atoms with Crippen molar-refractivity contribution in [2.24, 2.45) is 0 Å². The maximum absolute atomic E-state index is 11.8. The van der Waals surface area contributed by atoms with Crippen LogP contribution in [-0.4, -0.2) is 40.6 Å². The molecule has 0 saturated carbocycles. The van der Waals surface area contributed by atoms with Gasteiger partial charge in [-0.15, -0.1) is 0 Å². The van der Waals surface area contributed by atoms with Gasteiger partial charge in [-0.3, -0.25) is 9.78 Å². The van der Waals surface area contributed by atoms with Gasteiger partial charge in [-0.2, -0.15) is 0 Å². The van der Waals surface area contributed by atoms with Crippen molar-refractivity contribution < 1.29 is 14.7 Å². The molecule has 0 bridgehead atoms. The van der Waals surface area contributed by atoms with E-state index in [4.69, 9.17) is 5.11 Å². The van der Waals surface area contributed by atoms with Crippen LogP contribution in [0.3, 0.4) is 0 Å². The quantitative estimate of drug-likeness (QED) is 0.793. The van der Waals surface area contributed by atoms with E-state index in [-0.39, 0.29) is 12.5 Å². The van der Waals surface area contributed by atoms with Crippen LogP contribution in [0.2, 0.25) is 0 Å². The van der Waals surface area contributed by atoms with E-state index < -0.39 is 5.97 Å². The van der Waals surface area contributed by atoms with Crippen molar-refractivity contribution in [1.82, 2.24) is 9.88 Å². The van der Waals surface area contributed by atoms with Gasteiger partial charge in [0, 0.05) is 13.6 Å². The number of carbonyl (C=O) groups excluding carboxylic acids is 1. The molecule has 0 aliphatic carbocycles. The molecule has 0 fully saturated rings. The molecule has 0 aliphatic heterocycles. The van der Waals surface area contributed by atoms with Crippen molar-refractivity contribution in [3.8, 4) is 0 Å². The third-order valence-corrected chi connectivity index (χ3v) is 2.26. The number of carboxylic acids is 1. The molecule has 6 heteroatoms. The number of rotatable bonds is 5. The summed E-state index contributed by atoms with van der Waals surface area (Å²) in [5.41, 5.74) is 1.85. The van der Waals surface area contributed by atoms with Crippen molar-refractivity contribution in [3.63, 3.8) is 0 Å². The number of amides is 2. The molecule has 2 amide bonds. The average Bonchev–Trinajstić information content (AvgIpc) is 2.30. The summed E-state index contributed by atoms with van der Waals surface area (Å²) in [5, 5.41) is 11.3. The van der Waals surface area contributed by atoms with Gasteiger partial charge in [0.05, 0.1) is 24.0 Å². The van der Waals surface area contributed by atoms with Crippen LogP contribution in [-0.2, 0) is 11.2 Å². The zero-order valence-corrected chi connectivity index (χ0v) is 11.0. The van der Waals surface area contributed by atoms with Crippen LogP contribution in [0.5, 0.6) is 0 Å². The summed E-state index contributed by atoms with van der Waals surface area (Å²) in [6.45, 7) is 6.04. The topological polar surface area (TPSA) is 82.5 Å². The number of anilines is 1. The molecule has 2 N–H and O–H groups in total. The van der Waals surface area contributed by atoms with E-state index >= 15 is 0 Å². The minimum absolute atomic E-state index is 0.135. The number of aliphatic carboxylic acids is 1. The highest BCUT2D eigenvalue weighted by Gasteiger charge is 2.09. The Balaban J connectivity index is 2.60. The van der Waals surface area contributed by atoms with E-state index in [0.29, 0.717) is 17.9 Å². The molecule has 0 spiro atoms. The molecule has 19 heavy (non-hydrogen) atoms. The number of aromatic nitrogens is 1. The van der Waals surface area contributed by atoms with Crippen molar-refractivity contribution >= 4 is 17.7 Å². The number of nitrogens with zero attached hydrogens (tertiary/aromatic N) is 2. The number of nitrogens with one attached hydrogen (secondary N) is 1. The Hall–Kier alpha value is -2.37. The molecule has 1 aromatic rings. The van der Waals surface area contributed by atoms with E-state index in [1.54, 1.807) is 19.2 Å². The first-order valence-electron chi connectivity index (χ1n) is 5.71. The zero-order chi connectivity index (χ0) is 14.4. The summed E-state index contributed by atoms with van der Waals surface area (Å²) in [5.74, 6) is -0.939. The normalized spacial score (nSPS) is 9.79. The van der Waals surface area contributed by atoms with E-state index in [1.165, 1.54) is 11.1 Å². The van der Waals surface area contributed by atoms with Crippen LogP contribution in [0.4, 0.5) is 10.5 Å². The van der Waals surface area contributed by atoms with Crippen LogP contribution >= 0.6 is 0 Å². The van der Waals surface area contributed by atoms with Gasteiger partial charge in [0.2, 0.25) is 0 Å². The number of carboxylic acid groups (broad SMARTS) is 1. The molecule has 0 unspecified atom stereocenters. The Labute approximate surface area is 111 Å². The van der Waals surface area contributed by atoms with Crippen LogP contribution in [0, 0.1) is 0 Å². The van der Waals surface area contributed by atoms with Crippen LogP contribution < -0.4 is 5.32 Å². The maximum atomic E-state index is 11.8. The summed E-state index contributed by atoms with van der Waals surface area (Å²) < 4.78 is 0. The molecule has 6 nitrogen and oxygen atoms in total. The summed E-state index contributed by atoms with van der Waals surface area (Å²) >= 11 is 0. The standard InChI is InChI=1S/C13H17N3O3/c1-9(2)8-16(3)13(19)15-11-5-4-10(14-7-11)6-12(17)18/h4-5,7H,1,6,8H2,2-3H3,(H,15,19)(H,17,18). The largest absolute Gasteiger partial charge is 0.481 e. The number of hydrogen-bond acceptors (Lipinski definition) is 3. The highest BCUT2D eigenvalue weighted by Crippen LogP contribution is 2.08. The molecule has 0 aromatic carbocycles. The highest BCUT2D eigenvalue weighted by atomic mass is 16.4. The first-order valence-corrected chi connectivity index (χ1v) is 5.71. The Morgan fingerprint density at radius 1 is 1.47 bits per heavy atom. The lowest BCUT2D eigenvalue weighted by molar-refractivity contribution is -0.136. The van der Waals surface area contributed by atoms with Gasteiger partial charge < -0.3 is 15.3 Å². The number of pyridine rings is 1. The molecular formula is C13H17N3O3. The lowest BCUT2D eigenvalue weighted by atomic mass is 10.2. The SMILES string of the molecule is C=C(C)CN(C)C(=O)Nc1ccc(CC(=O)O)nc1. The van der Waals surface area contributed by atoms with Crippen LogP contribution in [0.1, 0.15) is 12.6 Å². The fourth-order valence-corrected chi connectivity index (χ4v) is 1.45. The number of carbonyl (C=O) groups is 2. The second kappa shape index (κ2) is 6.53. The molecule has 0 aliphatic rings. The Morgan fingerprint density at radius 3 is 2.63 bits per heavy atom. The second-order valence-corrected chi connectivity index (χ2v) is 4.35. The fourth-order valence-electron chi connectivity index (χ4n) is 1.45. The molecule has 1 heterocycles. The summed E-state index contributed by atoms with van der Waals surface area (Å²) in [4.78, 5) is 27.7. The second-order valence-electron chi connectivity index (χ2n) is 4.35. The summed E-state index contributed by atoms with van der Waals surface area (Å²) in [6.07, 6.45) is 1.30. The van der Waals surface area contributed by atoms with E-state index in [0.717, 1.165) is 5.57 Å². The monoisotopic (exact) mass is 263 g/mol. The highest BCUT2D eigenvalue weighted by molar-refractivity contribution is 5.89. The molecule has 0 atom stereocenters. The summed E-state index contributed by atoms with van der Waals surface area (Å²) in [7, 11) is 1.66. The van der Waals surface area contributed by atoms with Crippen molar-refractivity contribution in [1.29, 1.82) is 0 Å². The maximum Gasteiger partial charge on any atom is 0.321 e. The van der Waals surface area contributed by atoms with Gasteiger partial charge in [0.25, 0.3) is 0 Å². The van der Waals surface area contributed by atoms with Crippen molar-refractivity contribution in [3.05, 3.63) is 36.2 Å². The molecular weight excluding hydrogens is 246 g/mol. The van der Waals surface area contributed by atoms with Gasteiger partial charge in [0.1, 0.15) is 0 Å². The number of hydrogen-bond donors (Lipinski definition) is 2. The van der Waals surface area contributed by atoms with Crippen LogP contribution in [0.15, 0.2) is 30.5 Å². The number of likely N-dealkylation sites (N-methyl/N-ethyl adjacent to an activating group) is 1. The average molecular weight is 263 g/mol. The van der Waals surface area contributed by atoms with Gasteiger partial charge in [-0.05, 0) is 19.1 Å². The Kier molecular flexibility index (Phi) is 5.05. The van der Waals surface area contributed by atoms with Crippen molar-refractivity contribution in [2.45, 2.75) is 13.3 Å². The predicted molar refractivity (Wildman–Crippen MR) is 72.0 cm³/mol. The smallest absolute Gasteiger partial charge is 0.321 e.